The van der Waals surface area contributed by atoms with Crippen LogP contribution in [0.15, 0.2) is 17.5 Å². The first-order valence-electron chi connectivity index (χ1n) is 6.64. The van der Waals surface area contributed by atoms with Gasteiger partial charge in [0.15, 0.2) is 0 Å². The van der Waals surface area contributed by atoms with E-state index in [1.165, 1.54) is 4.88 Å². The summed E-state index contributed by atoms with van der Waals surface area (Å²) in [6.45, 7) is 3.89. The van der Waals surface area contributed by atoms with E-state index in [4.69, 9.17) is 4.74 Å². The smallest absolute Gasteiger partial charge is 0.0501 e. The molecule has 0 bridgehead atoms. The van der Waals surface area contributed by atoms with E-state index < -0.39 is 0 Å². The maximum absolute atomic E-state index is 9.66. The Balaban J connectivity index is 1.79. The van der Waals surface area contributed by atoms with Crippen molar-refractivity contribution in [2.45, 2.75) is 19.3 Å². The van der Waals surface area contributed by atoms with Gasteiger partial charge in [-0.3, -0.25) is 0 Å². The van der Waals surface area contributed by atoms with Gasteiger partial charge in [-0.15, -0.1) is 11.3 Å². The van der Waals surface area contributed by atoms with Crippen molar-refractivity contribution in [3.8, 4) is 0 Å². The Bertz CT molecular complexity index is 334. The molecule has 102 valence electrons. The first kappa shape index (κ1) is 14.0. The number of aliphatic hydroxyl groups is 1. The highest BCUT2D eigenvalue weighted by Gasteiger charge is 2.32. The Morgan fingerprint density at radius 3 is 2.83 bits per heavy atom. The fourth-order valence-corrected chi connectivity index (χ4v) is 3.28. The Kier molecular flexibility index (Phi) is 5.18. The SMILES string of the molecule is CN(CCc1cccs1)CC1(CO)CCOCC1. The first-order valence-corrected chi connectivity index (χ1v) is 7.52. The van der Waals surface area contributed by atoms with E-state index in [0.29, 0.717) is 0 Å². The lowest BCUT2D eigenvalue weighted by molar-refractivity contribution is -0.0306. The average Bonchev–Trinajstić information content (AvgIpc) is 2.91. The number of aliphatic hydroxyl groups excluding tert-OH is 1. The van der Waals surface area contributed by atoms with Gasteiger partial charge in [-0.2, -0.15) is 0 Å². The molecule has 0 radical (unpaired) electrons. The Morgan fingerprint density at radius 2 is 2.22 bits per heavy atom. The molecule has 1 aliphatic rings. The summed E-state index contributed by atoms with van der Waals surface area (Å²) in [7, 11) is 2.15. The molecular weight excluding hydrogens is 246 g/mol. The highest BCUT2D eigenvalue weighted by atomic mass is 32.1. The Hall–Kier alpha value is -0.420. The van der Waals surface area contributed by atoms with Crippen molar-refractivity contribution in [3.05, 3.63) is 22.4 Å². The predicted molar refractivity (Wildman–Crippen MR) is 75.1 cm³/mol. The summed E-state index contributed by atoms with van der Waals surface area (Å²) in [6.07, 6.45) is 3.06. The zero-order chi connectivity index (χ0) is 12.8. The monoisotopic (exact) mass is 269 g/mol. The second-order valence-corrected chi connectivity index (χ2v) is 6.37. The molecule has 1 aromatic rings. The Labute approximate surface area is 113 Å². The molecular formula is C14H23NO2S. The van der Waals surface area contributed by atoms with Crippen molar-refractivity contribution in [2.24, 2.45) is 5.41 Å². The van der Waals surface area contributed by atoms with Gasteiger partial charge in [0.2, 0.25) is 0 Å². The van der Waals surface area contributed by atoms with Crippen molar-refractivity contribution < 1.29 is 9.84 Å². The highest BCUT2D eigenvalue weighted by molar-refractivity contribution is 7.09. The molecule has 0 spiro atoms. The van der Waals surface area contributed by atoms with Crippen LogP contribution in [0.2, 0.25) is 0 Å². The molecule has 0 unspecified atom stereocenters. The minimum Gasteiger partial charge on any atom is -0.396 e. The van der Waals surface area contributed by atoms with Gasteiger partial charge in [-0.25, -0.2) is 0 Å². The van der Waals surface area contributed by atoms with Crippen LogP contribution in [-0.2, 0) is 11.2 Å². The number of ether oxygens (including phenoxy) is 1. The van der Waals surface area contributed by atoms with Crippen LogP contribution in [0.25, 0.3) is 0 Å². The lowest BCUT2D eigenvalue weighted by atomic mass is 9.80. The van der Waals surface area contributed by atoms with Crippen molar-refractivity contribution in [2.75, 3.05) is 40.0 Å². The lowest BCUT2D eigenvalue weighted by Gasteiger charge is -2.38. The minimum atomic E-state index is 0.0580. The quantitative estimate of drug-likeness (QED) is 0.857. The van der Waals surface area contributed by atoms with Crippen molar-refractivity contribution in [1.29, 1.82) is 0 Å². The summed E-state index contributed by atoms with van der Waals surface area (Å²) in [6, 6.07) is 4.29. The molecule has 0 aliphatic carbocycles. The Morgan fingerprint density at radius 1 is 1.44 bits per heavy atom. The highest BCUT2D eigenvalue weighted by Crippen LogP contribution is 2.30. The number of rotatable bonds is 6. The number of nitrogens with zero attached hydrogens (tertiary/aromatic N) is 1. The zero-order valence-corrected chi connectivity index (χ0v) is 11.9. The molecule has 0 atom stereocenters. The van der Waals surface area contributed by atoms with Gasteiger partial charge >= 0.3 is 0 Å². The fourth-order valence-electron chi connectivity index (χ4n) is 2.58. The van der Waals surface area contributed by atoms with E-state index in [1.54, 1.807) is 0 Å². The molecule has 1 aromatic heterocycles. The van der Waals surface area contributed by atoms with Gasteiger partial charge in [0, 0.05) is 36.6 Å². The molecule has 1 fully saturated rings. The molecule has 18 heavy (non-hydrogen) atoms. The van der Waals surface area contributed by atoms with Crippen molar-refractivity contribution in [1.82, 2.24) is 4.90 Å². The third-order valence-corrected chi connectivity index (χ3v) is 4.75. The summed E-state index contributed by atoms with van der Waals surface area (Å²) < 4.78 is 5.40. The molecule has 2 heterocycles. The van der Waals surface area contributed by atoms with Crippen LogP contribution in [0.4, 0.5) is 0 Å². The van der Waals surface area contributed by atoms with E-state index in [2.05, 4.69) is 29.5 Å². The number of thiophene rings is 1. The predicted octanol–water partition coefficient (Wildman–Crippen LogP) is 2.01. The summed E-state index contributed by atoms with van der Waals surface area (Å²) in [4.78, 5) is 3.79. The third kappa shape index (κ3) is 3.79. The largest absolute Gasteiger partial charge is 0.396 e. The molecule has 0 amide bonds. The van der Waals surface area contributed by atoms with Crippen LogP contribution in [0.3, 0.4) is 0 Å². The van der Waals surface area contributed by atoms with E-state index in [1.807, 2.05) is 11.3 Å². The number of hydrogen-bond acceptors (Lipinski definition) is 4. The van der Waals surface area contributed by atoms with Crippen LogP contribution in [0.1, 0.15) is 17.7 Å². The van der Waals surface area contributed by atoms with E-state index in [-0.39, 0.29) is 12.0 Å². The fraction of sp³-hybridized carbons (Fsp3) is 0.714. The van der Waals surface area contributed by atoms with Gasteiger partial charge in [0.1, 0.15) is 0 Å². The van der Waals surface area contributed by atoms with Gasteiger partial charge in [-0.05, 0) is 37.8 Å². The first-order chi connectivity index (χ1) is 8.74. The third-order valence-electron chi connectivity index (χ3n) is 3.81. The summed E-state index contributed by atoms with van der Waals surface area (Å²) in [5, 5.41) is 11.8. The minimum absolute atomic E-state index is 0.0580. The van der Waals surface area contributed by atoms with E-state index in [9.17, 15) is 5.11 Å². The molecule has 1 saturated heterocycles. The number of likely N-dealkylation sites (N-methyl/N-ethyl adjacent to an activating group) is 1. The number of hydrogen-bond donors (Lipinski definition) is 1. The second-order valence-electron chi connectivity index (χ2n) is 5.34. The topological polar surface area (TPSA) is 32.7 Å². The second kappa shape index (κ2) is 6.66. The van der Waals surface area contributed by atoms with E-state index in [0.717, 1.165) is 45.6 Å². The van der Waals surface area contributed by atoms with Crippen LogP contribution >= 0.6 is 11.3 Å². The molecule has 3 nitrogen and oxygen atoms in total. The normalized spacial score (nSPS) is 19.3. The van der Waals surface area contributed by atoms with Crippen molar-refractivity contribution >= 4 is 11.3 Å². The molecule has 0 saturated carbocycles. The molecule has 4 heteroatoms. The summed E-state index contributed by atoms with van der Waals surface area (Å²) >= 11 is 1.82. The standard InChI is InChI=1S/C14H23NO2S/c1-15(7-4-13-3-2-10-18-13)11-14(12-16)5-8-17-9-6-14/h2-3,10,16H,4-9,11-12H2,1H3. The molecule has 2 rings (SSSR count). The lowest BCUT2D eigenvalue weighted by Crippen LogP contribution is -2.43. The van der Waals surface area contributed by atoms with Gasteiger partial charge in [0.25, 0.3) is 0 Å². The van der Waals surface area contributed by atoms with Gasteiger partial charge in [0.05, 0.1) is 6.61 Å². The van der Waals surface area contributed by atoms with Crippen LogP contribution < -0.4 is 0 Å². The van der Waals surface area contributed by atoms with Gasteiger partial charge < -0.3 is 14.7 Å². The molecule has 1 aliphatic heterocycles. The van der Waals surface area contributed by atoms with Gasteiger partial charge in [-0.1, -0.05) is 6.07 Å². The summed E-state index contributed by atoms with van der Waals surface area (Å²) in [5.74, 6) is 0. The summed E-state index contributed by atoms with van der Waals surface area (Å²) in [5.41, 5.74) is 0.0580. The zero-order valence-electron chi connectivity index (χ0n) is 11.1. The molecule has 1 N–H and O–H groups in total. The maximum atomic E-state index is 9.66. The average molecular weight is 269 g/mol. The van der Waals surface area contributed by atoms with E-state index >= 15 is 0 Å². The van der Waals surface area contributed by atoms with Crippen molar-refractivity contribution in [3.63, 3.8) is 0 Å². The van der Waals surface area contributed by atoms with Crippen LogP contribution in [-0.4, -0.2) is 50.0 Å². The van der Waals surface area contributed by atoms with Crippen LogP contribution in [0.5, 0.6) is 0 Å². The maximum Gasteiger partial charge on any atom is 0.0501 e. The van der Waals surface area contributed by atoms with Crippen LogP contribution in [0, 0.1) is 5.41 Å². The molecule has 0 aromatic carbocycles.